The van der Waals surface area contributed by atoms with Crippen LogP contribution >= 0.6 is 11.3 Å². The molecule has 24 heavy (non-hydrogen) atoms. The summed E-state index contributed by atoms with van der Waals surface area (Å²) in [4.78, 5) is 25.1. The molecule has 0 spiro atoms. The molecule has 0 aliphatic heterocycles. The van der Waals surface area contributed by atoms with Gasteiger partial charge in [-0.2, -0.15) is 0 Å². The molecule has 2 amide bonds. The molecule has 1 aliphatic rings. The Morgan fingerprint density at radius 1 is 1.29 bits per heavy atom. The molecule has 1 aliphatic carbocycles. The summed E-state index contributed by atoms with van der Waals surface area (Å²) < 4.78 is 5.25. The number of nitrogens with two attached hydrogens (primary N) is 1. The summed E-state index contributed by atoms with van der Waals surface area (Å²) in [6, 6.07) is 7.42. The van der Waals surface area contributed by atoms with E-state index in [0.29, 0.717) is 16.3 Å². The molecular formula is C18H18N2O3S. The number of methoxy groups -OCH3 is 1. The van der Waals surface area contributed by atoms with Gasteiger partial charge in [0.25, 0.3) is 5.91 Å². The van der Waals surface area contributed by atoms with E-state index in [1.165, 1.54) is 17.4 Å². The normalized spacial score (nSPS) is 13.0. The van der Waals surface area contributed by atoms with Crippen molar-refractivity contribution in [1.82, 2.24) is 0 Å². The third-order valence-corrected chi connectivity index (χ3v) is 5.16. The van der Waals surface area contributed by atoms with Gasteiger partial charge in [0.15, 0.2) is 0 Å². The Kier molecular flexibility index (Phi) is 4.66. The summed E-state index contributed by atoms with van der Waals surface area (Å²) in [5, 5.41) is 3.32. The van der Waals surface area contributed by atoms with Gasteiger partial charge >= 0.3 is 0 Å². The highest BCUT2D eigenvalue weighted by atomic mass is 32.1. The molecule has 5 nitrogen and oxygen atoms in total. The van der Waals surface area contributed by atoms with E-state index < -0.39 is 5.91 Å². The topological polar surface area (TPSA) is 81.4 Å². The minimum atomic E-state index is -0.488. The van der Waals surface area contributed by atoms with Crippen LogP contribution < -0.4 is 15.8 Å². The van der Waals surface area contributed by atoms with E-state index in [9.17, 15) is 9.59 Å². The van der Waals surface area contributed by atoms with E-state index in [1.807, 2.05) is 24.3 Å². The van der Waals surface area contributed by atoms with Crippen LogP contribution in [0, 0.1) is 0 Å². The van der Waals surface area contributed by atoms with E-state index in [1.54, 1.807) is 13.2 Å². The van der Waals surface area contributed by atoms with Gasteiger partial charge in [-0.15, -0.1) is 11.3 Å². The molecule has 3 N–H and O–H groups in total. The fourth-order valence-corrected chi connectivity index (χ4v) is 4.17. The number of primary amides is 1. The predicted molar refractivity (Wildman–Crippen MR) is 95.5 cm³/mol. The van der Waals surface area contributed by atoms with Gasteiger partial charge < -0.3 is 15.8 Å². The van der Waals surface area contributed by atoms with Crippen molar-refractivity contribution in [2.45, 2.75) is 19.3 Å². The fraction of sp³-hybridized carbons (Fsp3) is 0.222. The van der Waals surface area contributed by atoms with Crippen molar-refractivity contribution in [2.75, 3.05) is 12.4 Å². The Labute approximate surface area is 144 Å². The SMILES string of the molecule is COc1ccccc1/C=C/C(=O)Nc1sc2c(c1C(N)=O)CCC2. The molecule has 0 atom stereocenters. The molecule has 2 aromatic rings. The van der Waals surface area contributed by atoms with Crippen LogP contribution in [0.4, 0.5) is 5.00 Å². The number of benzene rings is 1. The second-order valence-electron chi connectivity index (χ2n) is 5.49. The molecule has 0 radical (unpaired) electrons. The molecule has 0 bridgehead atoms. The van der Waals surface area contributed by atoms with Crippen molar-refractivity contribution >= 4 is 34.2 Å². The van der Waals surface area contributed by atoms with E-state index >= 15 is 0 Å². The van der Waals surface area contributed by atoms with E-state index in [2.05, 4.69) is 5.32 Å². The van der Waals surface area contributed by atoms with Crippen molar-refractivity contribution in [3.05, 3.63) is 51.9 Å². The molecule has 124 valence electrons. The second kappa shape index (κ2) is 6.88. The largest absolute Gasteiger partial charge is 0.496 e. The zero-order valence-corrected chi connectivity index (χ0v) is 14.1. The van der Waals surface area contributed by atoms with E-state index in [-0.39, 0.29) is 5.91 Å². The number of rotatable bonds is 5. The van der Waals surface area contributed by atoms with Crippen molar-refractivity contribution in [3.63, 3.8) is 0 Å². The smallest absolute Gasteiger partial charge is 0.251 e. The highest BCUT2D eigenvalue weighted by Crippen LogP contribution is 2.38. The average molecular weight is 342 g/mol. The Hall–Kier alpha value is -2.60. The van der Waals surface area contributed by atoms with Gasteiger partial charge in [-0.25, -0.2) is 0 Å². The molecule has 0 saturated carbocycles. The summed E-state index contributed by atoms with van der Waals surface area (Å²) in [6.07, 6.45) is 5.92. The number of hydrogen-bond donors (Lipinski definition) is 2. The second-order valence-corrected chi connectivity index (χ2v) is 6.60. The number of ether oxygens (including phenoxy) is 1. The Morgan fingerprint density at radius 2 is 2.08 bits per heavy atom. The summed E-state index contributed by atoms with van der Waals surface area (Å²) in [5.41, 5.74) is 7.76. The molecule has 6 heteroatoms. The number of nitrogens with one attached hydrogen (secondary N) is 1. The number of carbonyl (C=O) groups excluding carboxylic acids is 2. The van der Waals surface area contributed by atoms with Gasteiger partial charge in [0.1, 0.15) is 10.8 Å². The van der Waals surface area contributed by atoms with Crippen LogP contribution in [0.25, 0.3) is 6.08 Å². The Bertz CT molecular complexity index is 824. The Balaban J connectivity index is 1.78. The zero-order valence-electron chi connectivity index (χ0n) is 13.3. The van der Waals surface area contributed by atoms with Gasteiger partial charge in [0, 0.05) is 16.5 Å². The average Bonchev–Trinajstić information content (AvgIpc) is 3.13. The van der Waals surface area contributed by atoms with Crippen molar-refractivity contribution in [2.24, 2.45) is 5.73 Å². The number of thiophene rings is 1. The van der Waals surface area contributed by atoms with Crippen LogP contribution in [0.15, 0.2) is 30.3 Å². The maximum atomic E-state index is 12.2. The lowest BCUT2D eigenvalue weighted by molar-refractivity contribution is -0.111. The third-order valence-electron chi connectivity index (χ3n) is 3.96. The van der Waals surface area contributed by atoms with Crippen LogP contribution in [0.3, 0.4) is 0 Å². The third kappa shape index (κ3) is 3.19. The number of amides is 2. The van der Waals surface area contributed by atoms with Crippen molar-refractivity contribution in [3.8, 4) is 5.75 Å². The van der Waals surface area contributed by atoms with E-state index in [0.717, 1.165) is 35.3 Å². The lowest BCUT2D eigenvalue weighted by atomic mass is 10.1. The molecule has 0 unspecified atom stereocenters. The first-order valence-corrected chi connectivity index (χ1v) is 8.48. The number of para-hydroxylation sites is 1. The van der Waals surface area contributed by atoms with Gasteiger partial charge in [0.2, 0.25) is 5.91 Å². The maximum absolute atomic E-state index is 12.2. The monoisotopic (exact) mass is 342 g/mol. The first-order chi connectivity index (χ1) is 11.6. The summed E-state index contributed by atoms with van der Waals surface area (Å²) in [5.74, 6) is -0.101. The molecule has 1 heterocycles. The van der Waals surface area contributed by atoms with Crippen LogP contribution in [-0.2, 0) is 17.6 Å². The number of aryl methyl sites for hydroxylation is 1. The summed E-state index contributed by atoms with van der Waals surface area (Å²) >= 11 is 1.44. The number of carbonyl (C=O) groups is 2. The minimum Gasteiger partial charge on any atom is -0.496 e. The van der Waals surface area contributed by atoms with Crippen LogP contribution in [0.1, 0.15) is 32.8 Å². The van der Waals surface area contributed by atoms with Crippen molar-refractivity contribution in [1.29, 1.82) is 0 Å². The van der Waals surface area contributed by atoms with Gasteiger partial charge in [-0.3, -0.25) is 9.59 Å². The summed E-state index contributed by atoms with van der Waals surface area (Å²) in [7, 11) is 1.58. The highest BCUT2D eigenvalue weighted by Gasteiger charge is 2.25. The number of hydrogen-bond acceptors (Lipinski definition) is 4. The molecule has 0 saturated heterocycles. The highest BCUT2D eigenvalue weighted by molar-refractivity contribution is 7.17. The first-order valence-electron chi connectivity index (χ1n) is 7.66. The van der Waals surface area contributed by atoms with Crippen LogP contribution in [0.2, 0.25) is 0 Å². The molecule has 1 aromatic carbocycles. The molecule has 3 rings (SSSR count). The standard InChI is InChI=1S/C18H18N2O3S/c1-23-13-7-3-2-5-11(13)9-10-15(21)20-18-16(17(19)22)12-6-4-8-14(12)24-18/h2-3,5,7,9-10H,4,6,8H2,1H3,(H2,19,22)(H,20,21)/b10-9+. The number of fused-ring (bicyclic) bond motifs is 1. The predicted octanol–water partition coefficient (Wildman–Crippen LogP) is 3.00. The Morgan fingerprint density at radius 3 is 2.83 bits per heavy atom. The summed E-state index contributed by atoms with van der Waals surface area (Å²) in [6.45, 7) is 0. The first kappa shape index (κ1) is 16.3. The van der Waals surface area contributed by atoms with Crippen LogP contribution in [0.5, 0.6) is 5.75 Å². The van der Waals surface area contributed by atoms with Crippen LogP contribution in [-0.4, -0.2) is 18.9 Å². The lowest BCUT2D eigenvalue weighted by Crippen LogP contribution is -2.16. The van der Waals surface area contributed by atoms with Gasteiger partial charge in [0.05, 0.1) is 12.7 Å². The zero-order chi connectivity index (χ0) is 17.1. The number of anilines is 1. The van der Waals surface area contributed by atoms with Gasteiger partial charge in [-0.1, -0.05) is 18.2 Å². The van der Waals surface area contributed by atoms with Crippen molar-refractivity contribution < 1.29 is 14.3 Å². The van der Waals surface area contributed by atoms with E-state index in [4.69, 9.17) is 10.5 Å². The molecule has 1 aromatic heterocycles. The molecular weight excluding hydrogens is 324 g/mol. The lowest BCUT2D eigenvalue weighted by Gasteiger charge is -2.05. The maximum Gasteiger partial charge on any atom is 0.251 e. The van der Waals surface area contributed by atoms with Gasteiger partial charge in [-0.05, 0) is 37.0 Å². The minimum absolute atomic E-state index is 0.302. The fourth-order valence-electron chi connectivity index (χ4n) is 2.88. The quantitative estimate of drug-likeness (QED) is 0.820. The molecule has 0 fully saturated rings.